The first-order valence-electron chi connectivity index (χ1n) is 6.73. The van der Waals surface area contributed by atoms with E-state index >= 15 is 0 Å². The van der Waals surface area contributed by atoms with E-state index in [2.05, 4.69) is 32.6 Å². The van der Waals surface area contributed by atoms with Gasteiger partial charge in [0, 0.05) is 38.7 Å². The Labute approximate surface area is 142 Å². The summed E-state index contributed by atoms with van der Waals surface area (Å²) in [6, 6.07) is 5.86. The number of guanidine groups is 1. The highest BCUT2D eigenvalue weighted by atomic mass is 127. The minimum absolute atomic E-state index is 0. The van der Waals surface area contributed by atoms with Crippen molar-refractivity contribution in [1.82, 2.24) is 25.4 Å². The smallest absolute Gasteiger partial charge is 0.191 e. The van der Waals surface area contributed by atoms with Gasteiger partial charge in [-0.1, -0.05) is 6.92 Å². The van der Waals surface area contributed by atoms with E-state index in [1.165, 1.54) is 0 Å². The molecule has 7 heteroatoms. The van der Waals surface area contributed by atoms with Gasteiger partial charge in [0.1, 0.15) is 0 Å². The number of pyridine rings is 1. The van der Waals surface area contributed by atoms with Crippen LogP contribution in [-0.2, 0) is 6.54 Å². The minimum atomic E-state index is 0. The van der Waals surface area contributed by atoms with Crippen molar-refractivity contribution in [1.29, 1.82) is 0 Å². The molecule has 2 heterocycles. The molecule has 0 aromatic carbocycles. The highest BCUT2D eigenvalue weighted by molar-refractivity contribution is 14.0. The number of hydrogen-bond acceptors (Lipinski definition) is 3. The van der Waals surface area contributed by atoms with E-state index in [9.17, 15) is 0 Å². The maximum atomic E-state index is 4.31. The van der Waals surface area contributed by atoms with Gasteiger partial charge >= 0.3 is 0 Å². The van der Waals surface area contributed by atoms with Gasteiger partial charge in [0.05, 0.1) is 0 Å². The van der Waals surface area contributed by atoms with Crippen LogP contribution in [0.2, 0.25) is 0 Å². The van der Waals surface area contributed by atoms with Gasteiger partial charge in [-0.25, -0.2) is 9.67 Å². The fraction of sp³-hybridized carbons (Fsp3) is 0.357. The standard InChI is InChI=1S/C14H20N6.HI/c1-3-6-17-14(15-2)18-11-12-5-8-16-13(10-12)20-9-4-7-19-20;/h4-5,7-10H,3,6,11H2,1-2H3,(H2,15,17,18);1H. The Bertz CT molecular complexity index is 552. The Balaban J connectivity index is 0.00000220. The Morgan fingerprint density at radius 3 is 2.86 bits per heavy atom. The number of aliphatic imine (C=N–C) groups is 1. The van der Waals surface area contributed by atoms with Gasteiger partial charge in [-0.15, -0.1) is 24.0 Å². The van der Waals surface area contributed by atoms with Crippen molar-refractivity contribution < 1.29 is 0 Å². The van der Waals surface area contributed by atoms with E-state index in [0.29, 0.717) is 6.54 Å². The summed E-state index contributed by atoms with van der Waals surface area (Å²) in [5.41, 5.74) is 1.13. The minimum Gasteiger partial charge on any atom is -0.356 e. The van der Waals surface area contributed by atoms with Gasteiger partial charge in [-0.05, 0) is 30.2 Å². The number of rotatable bonds is 5. The lowest BCUT2D eigenvalue weighted by Crippen LogP contribution is -2.37. The predicted molar refractivity (Wildman–Crippen MR) is 95.3 cm³/mol. The van der Waals surface area contributed by atoms with E-state index < -0.39 is 0 Å². The summed E-state index contributed by atoms with van der Waals surface area (Å²) in [4.78, 5) is 8.48. The zero-order valence-electron chi connectivity index (χ0n) is 12.3. The molecule has 0 amide bonds. The lowest BCUT2D eigenvalue weighted by Gasteiger charge is -2.11. The summed E-state index contributed by atoms with van der Waals surface area (Å²) in [5, 5.41) is 10.7. The molecule has 0 aliphatic heterocycles. The molecule has 0 bridgehead atoms. The van der Waals surface area contributed by atoms with Crippen LogP contribution < -0.4 is 10.6 Å². The Hall–Kier alpha value is -1.64. The second-order valence-electron chi connectivity index (χ2n) is 4.33. The first-order chi connectivity index (χ1) is 9.83. The van der Waals surface area contributed by atoms with Crippen molar-refractivity contribution in [2.75, 3.05) is 13.6 Å². The van der Waals surface area contributed by atoms with Crippen molar-refractivity contribution in [3.05, 3.63) is 42.4 Å². The van der Waals surface area contributed by atoms with Crippen molar-refractivity contribution in [3.8, 4) is 5.82 Å². The number of halogens is 1. The van der Waals surface area contributed by atoms with Crippen LogP contribution in [0, 0.1) is 0 Å². The van der Waals surface area contributed by atoms with Gasteiger partial charge in [-0.2, -0.15) is 5.10 Å². The molecule has 21 heavy (non-hydrogen) atoms. The van der Waals surface area contributed by atoms with E-state index in [1.807, 2.05) is 24.4 Å². The fourth-order valence-corrected chi connectivity index (χ4v) is 1.75. The summed E-state index contributed by atoms with van der Waals surface area (Å²) in [6.45, 7) is 3.73. The molecule has 0 unspecified atom stereocenters. The predicted octanol–water partition coefficient (Wildman–Crippen LogP) is 1.96. The molecule has 2 rings (SSSR count). The summed E-state index contributed by atoms with van der Waals surface area (Å²) in [5.74, 6) is 1.62. The molecule has 114 valence electrons. The third-order valence-electron chi connectivity index (χ3n) is 2.78. The monoisotopic (exact) mass is 400 g/mol. The number of nitrogens with zero attached hydrogens (tertiary/aromatic N) is 4. The Kier molecular flexibility index (Phi) is 7.73. The highest BCUT2D eigenvalue weighted by Gasteiger charge is 2.01. The number of aromatic nitrogens is 3. The second-order valence-corrected chi connectivity index (χ2v) is 4.33. The summed E-state index contributed by atoms with van der Waals surface area (Å²) in [7, 11) is 1.77. The Morgan fingerprint density at radius 1 is 1.33 bits per heavy atom. The molecule has 0 saturated heterocycles. The maximum absolute atomic E-state index is 4.31. The van der Waals surface area contributed by atoms with E-state index in [1.54, 1.807) is 24.1 Å². The largest absolute Gasteiger partial charge is 0.356 e. The van der Waals surface area contributed by atoms with Gasteiger partial charge < -0.3 is 10.6 Å². The van der Waals surface area contributed by atoms with Crippen LogP contribution in [0.3, 0.4) is 0 Å². The number of nitrogens with one attached hydrogen (secondary N) is 2. The first-order valence-corrected chi connectivity index (χ1v) is 6.73. The van der Waals surface area contributed by atoms with Crippen LogP contribution in [0.1, 0.15) is 18.9 Å². The van der Waals surface area contributed by atoms with Crippen LogP contribution in [0.5, 0.6) is 0 Å². The highest BCUT2D eigenvalue weighted by Crippen LogP contribution is 2.05. The molecule has 0 saturated carbocycles. The van der Waals surface area contributed by atoms with Crippen molar-refractivity contribution in [3.63, 3.8) is 0 Å². The first kappa shape index (κ1) is 17.4. The Morgan fingerprint density at radius 2 is 2.19 bits per heavy atom. The molecule has 0 aliphatic rings. The number of hydrogen-bond donors (Lipinski definition) is 2. The van der Waals surface area contributed by atoms with Crippen LogP contribution in [0.4, 0.5) is 0 Å². The third kappa shape index (κ3) is 5.33. The van der Waals surface area contributed by atoms with Gasteiger partial charge in [0.25, 0.3) is 0 Å². The average molecular weight is 400 g/mol. The van der Waals surface area contributed by atoms with Gasteiger partial charge in [-0.3, -0.25) is 4.99 Å². The SMILES string of the molecule is CCCNC(=NC)NCc1ccnc(-n2cccn2)c1.I. The van der Waals surface area contributed by atoms with Crippen LogP contribution in [0.25, 0.3) is 5.82 Å². The van der Waals surface area contributed by atoms with E-state index in [0.717, 1.165) is 30.3 Å². The zero-order valence-corrected chi connectivity index (χ0v) is 14.6. The fourth-order valence-electron chi connectivity index (χ4n) is 1.75. The molecular weight excluding hydrogens is 379 g/mol. The summed E-state index contributed by atoms with van der Waals surface area (Å²) >= 11 is 0. The van der Waals surface area contributed by atoms with E-state index in [4.69, 9.17) is 0 Å². The average Bonchev–Trinajstić information content (AvgIpc) is 3.02. The van der Waals surface area contributed by atoms with Crippen LogP contribution in [-0.4, -0.2) is 34.3 Å². The molecule has 0 fully saturated rings. The van der Waals surface area contributed by atoms with E-state index in [-0.39, 0.29) is 24.0 Å². The third-order valence-corrected chi connectivity index (χ3v) is 2.78. The molecular formula is C14H21IN6. The molecule has 2 aromatic rings. The molecule has 0 spiro atoms. The molecule has 0 aliphatic carbocycles. The van der Waals surface area contributed by atoms with Crippen molar-refractivity contribution in [2.24, 2.45) is 4.99 Å². The molecule has 2 aromatic heterocycles. The zero-order chi connectivity index (χ0) is 14.2. The lowest BCUT2D eigenvalue weighted by atomic mass is 10.2. The van der Waals surface area contributed by atoms with Crippen LogP contribution in [0.15, 0.2) is 41.8 Å². The molecule has 0 radical (unpaired) electrons. The summed E-state index contributed by atoms with van der Waals surface area (Å²) in [6.07, 6.45) is 6.47. The van der Waals surface area contributed by atoms with Crippen molar-refractivity contribution in [2.45, 2.75) is 19.9 Å². The van der Waals surface area contributed by atoms with Crippen LogP contribution >= 0.6 is 24.0 Å². The summed E-state index contributed by atoms with van der Waals surface area (Å²) < 4.78 is 1.74. The molecule has 6 nitrogen and oxygen atoms in total. The lowest BCUT2D eigenvalue weighted by molar-refractivity contribution is 0.778. The maximum Gasteiger partial charge on any atom is 0.191 e. The second kappa shape index (κ2) is 9.32. The van der Waals surface area contributed by atoms with Gasteiger partial charge in [0.15, 0.2) is 11.8 Å². The topological polar surface area (TPSA) is 67.1 Å². The quantitative estimate of drug-likeness (QED) is 0.458. The molecule has 0 atom stereocenters. The van der Waals surface area contributed by atoms with Gasteiger partial charge in [0.2, 0.25) is 0 Å². The normalized spacial score (nSPS) is 10.9. The molecule has 2 N–H and O–H groups in total. The van der Waals surface area contributed by atoms with Crippen molar-refractivity contribution >= 4 is 29.9 Å².